The zero-order valence-corrected chi connectivity index (χ0v) is 11.1. The fourth-order valence-corrected chi connectivity index (χ4v) is 2.72. The van der Waals surface area contributed by atoms with Gasteiger partial charge in [0, 0.05) is 28.7 Å². The minimum atomic E-state index is 0.932. The molecule has 0 aliphatic heterocycles. The van der Waals surface area contributed by atoms with Crippen LogP contribution in [0.4, 0.5) is 0 Å². The van der Waals surface area contributed by atoms with Crippen LogP contribution in [-0.2, 0) is 0 Å². The monoisotopic (exact) mass is 259 g/mol. The molecule has 0 bridgehead atoms. The van der Waals surface area contributed by atoms with Crippen LogP contribution in [0.15, 0.2) is 65.3 Å². The highest BCUT2D eigenvalue weighted by Crippen LogP contribution is 2.33. The van der Waals surface area contributed by atoms with Crippen molar-refractivity contribution >= 4 is 21.9 Å². The van der Waals surface area contributed by atoms with E-state index in [2.05, 4.69) is 36.2 Å². The zero-order chi connectivity index (χ0) is 13.5. The standard InChI is InChI=1S/C18H13NO/c1-12-4-2-6-17-18(12)15-10-13(7-8-16(15)20-17)14-5-3-9-19-11-14/h2-11H,1H3. The molecule has 0 saturated heterocycles. The van der Waals surface area contributed by atoms with Gasteiger partial charge in [0.2, 0.25) is 0 Å². The summed E-state index contributed by atoms with van der Waals surface area (Å²) in [6, 6.07) is 16.5. The summed E-state index contributed by atoms with van der Waals surface area (Å²) in [5, 5.41) is 2.37. The molecule has 0 saturated carbocycles. The van der Waals surface area contributed by atoms with Gasteiger partial charge in [0.15, 0.2) is 0 Å². The van der Waals surface area contributed by atoms with Gasteiger partial charge in [0.1, 0.15) is 11.2 Å². The molecular weight excluding hydrogens is 246 g/mol. The van der Waals surface area contributed by atoms with E-state index in [9.17, 15) is 0 Å². The first kappa shape index (κ1) is 11.2. The Labute approximate surface area is 116 Å². The molecule has 0 spiro atoms. The van der Waals surface area contributed by atoms with Crippen LogP contribution < -0.4 is 0 Å². The van der Waals surface area contributed by atoms with Crippen LogP contribution in [0.1, 0.15) is 5.56 Å². The van der Waals surface area contributed by atoms with E-state index >= 15 is 0 Å². The van der Waals surface area contributed by atoms with Crippen molar-refractivity contribution in [3.8, 4) is 11.1 Å². The number of pyridine rings is 1. The molecular formula is C18H13NO. The van der Waals surface area contributed by atoms with Crippen molar-refractivity contribution in [2.45, 2.75) is 6.92 Å². The van der Waals surface area contributed by atoms with Crippen molar-refractivity contribution in [1.29, 1.82) is 0 Å². The Hall–Kier alpha value is -2.61. The number of fused-ring (bicyclic) bond motifs is 3. The SMILES string of the molecule is Cc1cccc2oc3ccc(-c4cccnc4)cc3c12. The van der Waals surface area contributed by atoms with Crippen LogP contribution in [0.25, 0.3) is 33.1 Å². The van der Waals surface area contributed by atoms with Crippen LogP contribution in [0.2, 0.25) is 0 Å². The molecule has 0 fully saturated rings. The Balaban J connectivity index is 2.06. The van der Waals surface area contributed by atoms with E-state index in [-0.39, 0.29) is 0 Å². The molecule has 4 rings (SSSR count). The summed E-state index contributed by atoms with van der Waals surface area (Å²) >= 11 is 0. The first-order valence-corrected chi connectivity index (χ1v) is 6.65. The van der Waals surface area contributed by atoms with Crippen molar-refractivity contribution in [3.05, 3.63) is 66.5 Å². The van der Waals surface area contributed by atoms with Gasteiger partial charge in [-0.05, 0) is 42.3 Å². The summed E-state index contributed by atoms with van der Waals surface area (Å²) in [6.07, 6.45) is 3.68. The van der Waals surface area contributed by atoms with Crippen LogP contribution in [0.3, 0.4) is 0 Å². The maximum absolute atomic E-state index is 5.91. The van der Waals surface area contributed by atoms with E-state index < -0.39 is 0 Å². The van der Waals surface area contributed by atoms with Gasteiger partial charge in [-0.25, -0.2) is 0 Å². The van der Waals surface area contributed by atoms with Gasteiger partial charge in [-0.2, -0.15) is 0 Å². The third kappa shape index (κ3) is 1.62. The van der Waals surface area contributed by atoms with Crippen molar-refractivity contribution in [3.63, 3.8) is 0 Å². The van der Waals surface area contributed by atoms with E-state index in [1.54, 1.807) is 6.20 Å². The maximum atomic E-state index is 5.91. The van der Waals surface area contributed by atoms with Crippen molar-refractivity contribution in [2.24, 2.45) is 0 Å². The molecule has 0 aliphatic rings. The average molecular weight is 259 g/mol. The highest BCUT2D eigenvalue weighted by atomic mass is 16.3. The number of furan rings is 1. The lowest BCUT2D eigenvalue weighted by atomic mass is 10.0. The number of nitrogens with zero attached hydrogens (tertiary/aromatic N) is 1. The van der Waals surface area contributed by atoms with Crippen molar-refractivity contribution < 1.29 is 4.42 Å². The molecule has 2 nitrogen and oxygen atoms in total. The summed E-state index contributed by atoms with van der Waals surface area (Å²) in [4.78, 5) is 4.19. The van der Waals surface area contributed by atoms with Gasteiger partial charge in [-0.3, -0.25) is 4.98 Å². The lowest BCUT2D eigenvalue weighted by molar-refractivity contribution is 0.669. The first-order valence-electron chi connectivity index (χ1n) is 6.65. The van der Waals surface area contributed by atoms with Gasteiger partial charge >= 0.3 is 0 Å². The quantitative estimate of drug-likeness (QED) is 0.483. The lowest BCUT2D eigenvalue weighted by Crippen LogP contribution is -1.79. The summed E-state index contributed by atoms with van der Waals surface area (Å²) in [5.41, 5.74) is 5.41. The number of hydrogen-bond donors (Lipinski definition) is 0. The van der Waals surface area contributed by atoms with E-state index in [0.29, 0.717) is 0 Å². The fraction of sp³-hybridized carbons (Fsp3) is 0.0556. The average Bonchev–Trinajstić information content (AvgIpc) is 2.87. The molecule has 2 heteroatoms. The highest BCUT2D eigenvalue weighted by Gasteiger charge is 2.10. The Kier molecular flexibility index (Phi) is 2.36. The Morgan fingerprint density at radius 1 is 0.900 bits per heavy atom. The van der Waals surface area contributed by atoms with Crippen molar-refractivity contribution in [1.82, 2.24) is 4.98 Å². The summed E-state index contributed by atoms with van der Waals surface area (Å²) < 4.78 is 5.91. The minimum Gasteiger partial charge on any atom is -0.456 e. The normalized spacial score (nSPS) is 11.2. The molecule has 2 heterocycles. The van der Waals surface area contributed by atoms with Gasteiger partial charge in [0.25, 0.3) is 0 Å². The predicted octanol–water partition coefficient (Wildman–Crippen LogP) is 4.96. The van der Waals surface area contributed by atoms with E-state index in [1.807, 2.05) is 30.5 Å². The number of rotatable bonds is 1. The molecule has 4 aromatic rings. The molecule has 0 amide bonds. The summed E-state index contributed by atoms with van der Waals surface area (Å²) in [6.45, 7) is 2.12. The van der Waals surface area contributed by atoms with Gasteiger partial charge in [-0.15, -0.1) is 0 Å². The summed E-state index contributed by atoms with van der Waals surface area (Å²) in [5.74, 6) is 0. The van der Waals surface area contributed by atoms with E-state index in [4.69, 9.17) is 4.42 Å². The number of aryl methyl sites for hydroxylation is 1. The van der Waals surface area contributed by atoms with Crippen molar-refractivity contribution in [2.75, 3.05) is 0 Å². The number of benzene rings is 2. The third-order valence-corrected chi connectivity index (χ3v) is 3.70. The van der Waals surface area contributed by atoms with Crippen LogP contribution in [0, 0.1) is 6.92 Å². The second-order valence-electron chi connectivity index (χ2n) is 5.00. The second kappa shape index (κ2) is 4.20. The smallest absolute Gasteiger partial charge is 0.135 e. The number of hydrogen-bond acceptors (Lipinski definition) is 2. The predicted molar refractivity (Wildman–Crippen MR) is 81.7 cm³/mol. The minimum absolute atomic E-state index is 0.932. The molecule has 0 aliphatic carbocycles. The molecule has 2 aromatic carbocycles. The van der Waals surface area contributed by atoms with E-state index in [0.717, 1.165) is 22.3 Å². The molecule has 96 valence electrons. The zero-order valence-electron chi connectivity index (χ0n) is 11.1. The van der Waals surface area contributed by atoms with E-state index in [1.165, 1.54) is 16.3 Å². The van der Waals surface area contributed by atoms with Gasteiger partial charge in [-0.1, -0.05) is 24.3 Å². The third-order valence-electron chi connectivity index (χ3n) is 3.70. The first-order chi connectivity index (χ1) is 9.83. The molecule has 2 aromatic heterocycles. The van der Waals surface area contributed by atoms with Crippen LogP contribution >= 0.6 is 0 Å². The van der Waals surface area contributed by atoms with Crippen LogP contribution in [0.5, 0.6) is 0 Å². The molecule has 0 atom stereocenters. The molecule has 20 heavy (non-hydrogen) atoms. The lowest BCUT2D eigenvalue weighted by Gasteiger charge is -2.01. The molecule has 0 N–H and O–H groups in total. The maximum Gasteiger partial charge on any atom is 0.135 e. The Morgan fingerprint density at radius 3 is 2.70 bits per heavy atom. The van der Waals surface area contributed by atoms with Gasteiger partial charge in [0.05, 0.1) is 0 Å². The Morgan fingerprint density at radius 2 is 1.85 bits per heavy atom. The highest BCUT2D eigenvalue weighted by molar-refractivity contribution is 6.07. The summed E-state index contributed by atoms with van der Waals surface area (Å²) in [7, 11) is 0. The fourth-order valence-electron chi connectivity index (χ4n) is 2.72. The topological polar surface area (TPSA) is 26.0 Å². The largest absolute Gasteiger partial charge is 0.456 e. The molecule has 0 unspecified atom stereocenters. The van der Waals surface area contributed by atoms with Gasteiger partial charge < -0.3 is 4.42 Å². The number of aromatic nitrogens is 1. The second-order valence-corrected chi connectivity index (χ2v) is 5.00. The Bertz CT molecular complexity index is 907. The molecule has 0 radical (unpaired) electrons. The van der Waals surface area contributed by atoms with Crippen LogP contribution in [-0.4, -0.2) is 4.98 Å².